The molecule has 4 rings (SSSR count). The van der Waals surface area contributed by atoms with Crippen molar-refractivity contribution in [1.29, 1.82) is 0 Å². The summed E-state index contributed by atoms with van der Waals surface area (Å²) in [5.41, 5.74) is 0.878. The van der Waals surface area contributed by atoms with E-state index in [0.717, 1.165) is 24.8 Å². The Balaban J connectivity index is 0.00000225. The summed E-state index contributed by atoms with van der Waals surface area (Å²) in [6.07, 6.45) is 2.02. The molecule has 1 heterocycles. The van der Waals surface area contributed by atoms with E-state index in [9.17, 15) is 14.3 Å². The number of rotatable bonds is 5. The molecule has 152 valence electrons. The molecule has 1 aromatic carbocycles. The number of aliphatic hydroxyl groups excluding tert-OH is 1. The third kappa shape index (κ3) is 4.25. The molecule has 0 amide bonds. The Hall–Kier alpha value is -1.47. The summed E-state index contributed by atoms with van der Waals surface area (Å²) in [4.78, 5) is 15.1. The van der Waals surface area contributed by atoms with Gasteiger partial charge in [-0.05, 0) is 50.8 Å². The average molecular weight is 426 g/mol. The quantitative estimate of drug-likeness (QED) is 0.762. The van der Waals surface area contributed by atoms with E-state index in [0.29, 0.717) is 13.0 Å². The fourth-order valence-electron chi connectivity index (χ4n) is 4.10. The smallest absolute Gasteiger partial charge is 0.168 e. The van der Waals surface area contributed by atoms with E-state index >= 15 is 0 Å². The number of thiophene rings is 1. The Bertz CT molecular complexity index is 843. The molecule has 1 fully saturated rings. The number of fused-ring (bicyclic) bond motifs is 1. The molecule has 2 aliphatic carbocycles. The standard InChI is InChI=1S/C21H24FNO3S.ClH/c1-12-10-14-19(27-12)9-6-13(20(14)24)11-23-16-7-8-18(21(16)25)26-17-5-3-2-4-15(17)22;/h2-5,10,13,16,18,21,23,25H,6-9,11H2,1H3;1H/t13?,16-,18-,21-;/m1./s1. The highest BCUT2D eigenvalue weighted by Gasteiger charge is 2.37. The second-order valence-corrected chi connectivity index (χ2v) is 8.80. The van der Waals surface area contributed by atoms with Crippen molar-refractivity contribution in [1.82, 2.24) is 5.32 Å². The third-order valence-electron chi connectivity index (χ3n) is 5.59. The first-order chi connectivity index (χ1) is 13.0. The summed E-state index contributed by atoms with van der Waals surface area (Å²) in [5, 5.41) is 13.9. The van der Waals surface area contributed by atoms with Gasteiger partial charge in [0, 0.05) is 33.8 Å². The SMILES string of the molecule is Cc1cc2c(s1)CCC(CN[C@@H]1CC[C@@H](Oc3ccccc3F)[C@@H]1O)C2=O.Cl. The van der Waals surface area contributed by atoms with Gasteiger partial charge in [-0.1, -0.05) is 12.1 Å². The first-order valence-electron chi connectivity index (χ1n) is 9.49. The summed E-state index contributed by atoms with van der Waals surface area (Å²) < 4.78 is 19.4. The molecule has 7 heteroatoms. The van der Waals surface area contributed by atoms with Crippen molar-refractivity contribution < 1.29 is 19.0 Å². The first kappa shape index (κ1) is 21.2. The van der Waals surface area contributed by atoms with Gasteiger partial charge in [-0.2, -0.15) is 0 Å². The van der Waals surface area contributed by atoms with E-state index in [2.05, 4.69) is 5.32 Å². The largest absolute Gasteiger partial charge is 0.485 e. The first-order valence-corrected chi connectivity index (χ1v) is 10.3. The molecule has 2 aromatic rings. The van der Waals surface area contributed by atoms with Gasteiger partial charge in [-0.3, -0.25) is 4.79 Å². The number of para-hydroxylation sites is 1. The molecular weight excluding hydrogens is 401 g/mol. The maximum absolute atomic E-state index is 13.8. The number of carbonyl (C=O) groups is 1. The number of aliphatic hydroxyl groups is 1. The van der Waals surface area contributed by atoms with Crippen molar-refractivity contribution in [3.63, 3.8) is 0 Å². The summed E-state index contributed by atoms with van der Waals surface area (Å²) in [6, 6.07) is 8.10. The highest BCUT2D eigenvalue weighted by atomic mass is 35.5. The normalized spacial score (nSPS) is 26.6. The van der Waals surface area contributed by atoms with Gasteiger partial charge in [-0.25, -0.2) is 4.39 Å². The van der Waals surface area contributed by atoms with Crippen LogP contribution in [0.5, 0.6) is 5.75 Å². The maximum atomic E-state index is 13.8. The molecule has 2 aliphatic rings. The molecule has 0 saturated heterocycles. The number of ether oxygens (including phenoxy) is 1. The highest BCUT2D eigenvalue weighted by molar-refractivity contribution is 7.12. The van der Waals surface area contributed by atoms with Crippen molar-refractivity contribution in [2.24, 2.45) is 5.92 Å². The summed E-state index contributed by atoms with van der Waals surface area (Å²) in [7, 11) is 0. The van der Waals surface area contributed by atoms with Crippen LogP contribution in [0.2, 0.25) is 0 Å². The number of hydrogen-bond donors (Lipinski definition) is 2. The van der Waals surface area contributed by atoms with Crippen molar-refractivity contribution in [2.75, 3.05) is 6.54 Å². The number of carbonyl (C=O) groups excluding carboxylic acids is 1. The topological polar surface area (TPSA) is 58.6 Å². The molecule has 1 aromatic heterocycles. The van der Waals surface area contributed by atoms with Crippen LogP contribution in [0.1, 0.15) is 39.4 Å². The molecule has 0 aliphatic heterocycles. The molecule has 2 N–H and O–H groups in total. The minimum Gasteiger partial charge on any atom is -0.485 e. The minimum atomic E-state index is -0.720. The van der Waals surface area contributed by atoms with Gasteiger partial charge in [0.25, 0.3) is 0 Å². The second-order valence-electron chi connectivity index (χ2n) is 7.46. The van der Waals surface area contributed by atoms with Crippen molar-refractivity contribution >= 4 is 29.5 Å². The van der Waals surface area contributed by atoms with Gasteiger partial charge in [0.15, 0.2) is 17.3 Å². The predicted octanol–water partition coefficient (Wildman–Crippen LogP) is 3.92. The summed E-state index contributed by atoms with van der Waals surface area (Å²) in [6.45, 7) is 2.59. The average Bonchev–Trinajstić information content (AvgIpc) is 3.20. The van der Waals surface area contributed by atoms with Crippen LogP contribution in [0, 0.1) is 18.7 Å². The van der Waals surface area contributed by atoms with Crippen LogP contribution >= 0.6 is 23.7 Å². The maximum Gasteiger partial charge on any atom is 0.168 e. The number of ketones is 1. The molecule has 4 nitrogen and oxygen atoms in total. The van der Waals surface area contributed by atoms with Gasteiger partial charge in [0.05, 0.1) is 0 Å². The third-order valence-corrected chi connectivity index (χ3v) is 6.70. The molecular formula is C21H25ClFNO3S. The van der Waals surface area contributed by atoms with E-state index < -0.39 is 18.0 Å². The van der Waals surface area contributed by atoms with Crippen LogP contribution in [0.25, 0.3) is 0 Å². The van der Waals surface area contributed by atoms with Crippen LogP contribution in [-0.2, 0) is 6.42 Å². The number of benzene rings is 1. The lowest BCUT2D eigenvalue weighted by Crippen LogP contribution is -2.44. The lowest BCUT2D eigenvalue weighted by Gasteiger charge is -2.25. The Kier molecular flexibility index (Phi) is 6.76. The van der Waals surface area contributed by atoms with Gasteiger partial charge in [-0.15, -0.1) is 23.7 Å². The molecule has 1 unspecified atom stereocenters. The monoisotopic (exact) mass is 425 g/mol. The number of nitrogens with one attached hydrogen (secondary N) is 1. The van der Waals surface area contributed by atoms with E-state index in [1.165, 1.54) is 15.8 Å². The van der Waals surface area contributed by atoms with Crippen LogP contribution in [-0.4, -0.2) is 35.7 Å². The van der Waals surface area contributed by atoms with E-state index in [1.807, 2.05) is 13.0 Å². The zero-order valence-corrected chi connectivity index (χ0v) is 17.3. The summed E-state index contributed by atoms with van der Waals surface area (Å²) in [5.74, 6) is -0.0919. The Morgan fingerprint density at radius 3 is 2.86 bits per heavy atom. The van der Waals surface area contributed by atoms with Gasteiger partial charge in [0.1, 0.15) is 12.2 Å². The van der Waals surface area contributed by atoms with E-state index in [-0.39, 0.29) is 35.9 Å². The molecule has 0 bridgehead atoms. The molecule has 28 heavy (non-hydrogen) atoms. The molecule has 1 saturated carbocycles. The summed E-state index contributed by atoms with van der Waals surface area (Å²) >= 11 is 1.71. The minimum absolute atomic E-state index is 0. The second kappa shape index (κ2) is 8.91. The number of hydrogen-bond acceptors (Lipinski definition) is 5. The zero-order chi connectivity index (χ0) is 19.0. The lowest BCUT2D eigenvalue weighted by molar-refractivity contribution is 0.0421. The Labute approximate surface area is 174 Å². The Morgan fingerprint density at radius 1 is 1.29 bits per heavy atom. The molecule has 0 radical (unpaired) electrons. The van der Waals surface area contributed by atoms with E-state index in [4.69, 9.17) is 4.74 Å². The van der Waals surface area contributed by atoms with Crippen LogP contribution < -0.4 is 10.1 Å². The van der Waals surface area contributed by atoms with Crippen LogP contribution in [0.4, 0.5) is 4.39 Å². The number of halogens is 2. The van der Waals surface area contributed by atoms with Crippen molar-refractivity contribution in [2.45, 2.75) is 50.9 Å². The molecule has 0 spiro atoms. The van der Waals surface area contributed by atoms with E-state index in [1.54, 1.807) is 29.5 Å². The highest BCUT2D eigenvalue weighted by Crippen LogP contribution is 2.32. The zero-order valence-electron chi connectivity index (χ0n) is 15.7. The fraction of sp³-hybridized carbons (Fsp3) is 0.476. The van der Waals surface area contributed by atoms with Crippen molar-refractivity contribution in [3.05, 3.63) is 51.5 Å². The predicted molar refractivity (Wildman–Crippen MR) is 110 cm³/mol. The number of Topliss-reactive ketones (excluding diaryl/α,β-unsaturated/α-hetero) is 1. The van der Waals surface area contributed by atoms with Gasteiger partial charge in [0.2, 0.25) is 0 Å². The van der Waals surface area contributed by atoms with Crippen LogP contribution in [0.15, 0.2) is 30.3 Å². The van der Waals surface area contributed by atoms with Gasteiger partial charge < -0.3 is 15.2 Å². The molecule has 4 atom stereocenters. The Morgan fingerprint density at radius 2 is 2.07 bits per heavy atom. The van der Waals surface area contributed by atoms with Crippen LogP contribution in [0.3, 0.4) is 0 Å². The fourth-order valence-corrected chi connectivity index (χ4v) is 5.16. The lowest BCUT2D eigenvalue weighted by atomic mass is 9.87. The van der Waals surface area contributed by atoms with Crippen molar-refractivity contribution in [3.8, 4) is 5.75 Å². The number of aryl methyl sites for hydroxylation is 2. The van der Waals surface area contributed by atoms with Gasteiger partial charge >= 0.3 is 0 Å².